The maximum absolute atomic E-state index is 6.21. The van der Waals surface area contributed by atoms with Gasteiger partial charge in [-0.3, -0.25) is 0 Å². The molecule has 12 heavy (non-hydrogen) atoms. The molecule has 0 aliphatic heterocycles. The van der Waals surface area contributed by atoms with Crippen molar-refractivity contribution in [3.05, 3.63) is 0 Å². The van der Waals surface area contributed by atoms with Crippen LogP contribution >= 0.6 is 0 Å². The second kappa shape index (κ2) is 2.71. The van der Waals surface area contributed by atoms with E-state index in [9.17, 15) is 0 Å². The van der Waals surface area contributed by atoms with Crippen molar-refractivity contribution in [1.82, 2.24) is 0 Å². The minimum absolute atomic E-state index is 0.0822. The Balaban J connectivity index is 2.84. The van der Waals surface area contributed by atoms with Crippen LogP contribution in [-0.2, 0) is 0 Å². The molecule has 0 aromatic heterocycles. The molecule has 1 aliphatic carbocycles. The van der Waals surface area contributed by atoms with E-state index in [1.807, 2.05) is 0 Å². The molecular weight excluding hydrogens is 148 g/mol. The van der Waals surface area contributed by atoms with Crippen molar-refractivity contribution in [3.8, 4) is 0 Å². The van der Waals surface area contributed by atoms with Gasteiger partial charge in [-0.05, 0) is 31.1 Å². The molecule has 2 heteroatoms. The SMILES string of the molecule is CC1C(C)(C)CC(N)CC1(C)N. The molecule has 0 aromatic carbocycles. The fourth-order valence-electron chi connectivity index (χ4n) is 2.56. The molecule has 3 unspecified atom stereocenters. The summed E-state index contributed by atoms with van der Waals surface area (Å²) in [6.07, 6.45) is 2.05. The lowest BCUT2D eigenvalue weighted by molar-refractivity contribution is 0.0621. The Morgan fingerprint density at radius 3 is 2.08 bits per heavy atom. The monoisotopic (exact) mass is 170 g/mol. The fraction of sp³-hybridized carbons (Fsp3) is 1.00. The van der Waals surface area contributed by atoms with Crippen LogP contribution in [-0.4, -0.2) is 11.6 Å². The van der Waals surface area contributed by atoms with Gasteiger partial charge in [-0.15, -0.1) is 0 Å². The Kier molecular flexibility index (Phi) is 2.26. The highest BCUT2D eigenvalue weighted by molar-refractivity contribution is 5.00. The number of hydrogen-bond acceptors (Lipinski definition) is 2. The molecule has 1 rings (SSSR count). The molecule has 1 fully saturated rings. The second-order valence-electron chi connectivity index (χ2n) is 5.38. The largest absolute Gasteiger partial charge is 0.328 e. The van der Waals surface area contributed by atoms with Crippen LogP contribution < -0.4 is 11.5 Å². The van der Waals surface area contributed by atoms with Gasteiger partial charge in [0.2, 0.25) is 0 Å². The summed E-state index contributed by atoms with van der Waals surface area (Å²) >= 11 is 0. The molecule has 1 aliphatic rings. The van der Waals surface area contributed by atoms with E-state index in [4.69, 9.17) is 11.5 Å². The van der Waals surface area contributed by atoms with E-state index < -0.39 is 0 Å². The standard InChI is InChI=1S/C10H22N2/c1-7-9(2,3)5-8(11)6-10(7,4)12/h7-8H,5-6,11-12H2,1-4H3. The predicted molar refractivity (Wildman–Crippen MR) is 52.7 cm³/mol. The van der Waals surface area contributed by atoms with Crippen LogP contribution in [0.1, 0.15) is 40.5 Å². The van der Waals surface area contributed by atoms with Gasteiger partial charge in [0.25, 0.3) is 0 Å². The molecule has 0 heterocycles. The van der Waals surface area contributed by atoms with Crippen LogP contribution in [0.5, 0.6) is 0 Å². The van der Waals surface area contributed by atoms with Crippen LogP contribution in [0.15, 0.2) is 0 Å². The fourth-order valence-corrected chi connectivity index (χ4v) is 2.56. The Morgan fingerprint density at radius 1 is 1.17 bits per heavy atom. The van der Waals surface area contributed by atoms with Crippen molar-refractivity contribution in [2.24, 2.45) is 22.8 Å². The lowest BCUT2D eigenvalue weighted by Gasteiger charge is -2.49. The van der Waals surface area contributed by atoms with Crippen molar-refractivity contribution >= 4 is 0 Å². The van der Waals surface area contributed by atoms with Crippen LogP contribution in [0.25, 0.3) is 0 Å². The normalized spacial score (nSPS) is 47.5. The summed E-state index contributed by atoms with van der Waals surface area (Å²) < 4.78 is 0. The molecule has 72 valence electrons. The molecule has 0 saturated heterocycles. The Labute approximate surface area is 75.7 Å². The van der Waals surface area contributed by atoms with Crippen molar-refractivity contribution in [2.75, 3.05) is 0 Å². The van der Waals surface area contributed by atoms with Gasteiger partial charge in [-0.1, -0.05) is 20.8 Å². The summed E-state index contributed by atoms with van der Waals surface area (Å²) in [6, 6.07) is 0.284. The molecule has 4 N–H and O–H groups in total. The van der Waals surface area contributed by atoms with Gasteiger partial charge >= 0.3 is 0 Å². The number of nitrogens with two attached hydrogens (primary N) is 2. The first-order valence-electron chi connectivity index (χ1n) is 4.80. The van der Waals surface area contributed by atoms with Crippen LogP contribution in [0.2, 0.25) is 0 Å². The molecule has 0 radical (unpaired) electrons. The van der Waals surface area contributed by atoms with Crippen molar-refractivity contribution in [1.29, 1.82) is 0 Å². The van der Waals surface area contributed by atoms with Crippen molar-refractivity contribution in [3.63, 3.8) is 0 Å². The van der Waals surface area contributed by atoms with Crippen molar-refractivity contribution < 1.29 is 0 Å². The summed E-state index contributed by atoms with van der Waals surface area (Å²) in [5.41, 5.74) is 12.4. The molecule has 0 aromatic rings. The average molecular weight is 170 g/mol. The minimum atomic E-state index is -0.0822. The van der Waals surface area contributed by atoms with Crippen LogP contribution in [0, 0.1) is 11.3 Å². The van der Waals surface area contributed by atoms with Gasteiger partial charge in [-0.2, -0.15) is 0 Å². The molecule has 0 bridgehead atoms. The Bertz CT molecular complexity index is 155. The number of rotatable bonds is 0. The predicted octanol–water partition coefficient (Wildman–Crippen LogP) is 1.49. The van der Waals surface area contributed by atoms with E-state index in [2.05, 4.69) is 27.7 Å². The highest BCUT2D eigenvalue weighted by atomic mass is 14.8. The summed E-state index contributed by atoms with van der Waals surface area (Å²) in [4.78, 5) is 0. The van der Waals surface area contributed by atoms with E-state index in [0.29, 0.717) is 11.3 Å². The third-order valence-corrected chi connectivity index (χ3v) is 3.65. The average Bonchev–Trinajstić information content (AvgIpc) is 1.80. The zero-order valence-electron chi connectivity index (χ0n) is 8.72. The molecule has 0 spiro atoms. The third kappa shape index (κ3) is 1.64. The second-order valence-corrected chi connectivity index (χ2v) is 5.38. The molecule has 0 amide bonds. The third-order valence-electron chi connectivity index (χ3n) is 3.65. The first kappa shape index (κ1) is 10.0. The first-order chi connectivity index (χ1) is 5.26. The van der Waals surface area contributed by atoms with E-state index in [1.165, 1.54) is 0 Å². The summed E-state index contributed by atoms with van der Waals surface area (Å²) in [7, 11) is 0. The molecule has 3 atom stereocenters. The quantitative estimate of drug-likeness (QED) is 0.578. The topological polar surface area (TPSA) is 52.0 Å². The first-order valence-corrected chi connectivity index (χ1v) is 4.80. The molecule has 1 saturated carbocycles. The highest BCUT2D eigenvalue weighted by Gasteiger charge is 2.44. The highest BCUT2D eigenvalue weighted by Crippen LogP contribution is 2.43. The van der Waals surface area contributed by atoms with Crippen molar-refractivity contribution in [2.45, 2.75) is 52.1 Å². The van der Waals surface area contributed by atoms with E-state index >= 15 is 0 Å². The lowest BCUT2D eigenvalue weighted by atomic mass is 9.60. The van der Waals surface area contributed by atoms with E-state index in [-0.39, 0.29) is 11.6 Å². The van der Waals surface area contributed by atoms with Gasteiger partial charge in [0, 0.05) is 11.6 Å². The van der Waals surface area contributed by atoms with Gasteiger partial charge in [0.15, 0.2) is 0 Å². The maximum atomic E-state index is 6.21. The van der Waals surface area contributed by atoms with Gasteiger partial charge < -0.3 is 11.5 Å². The van der Waals surface area contributed by atoms with Gasteiger partial charge in [0.05, 0.1) is 0 Å². The molecule has 2 nitrogen and oxygen atoms in total. The smallest absolute Gasteiger partial charge is 0.0171 e. The Morgan fingerprint density at radius 2 is 1.67 bits per heavy atom. The Hall–Kier alpha value is -0.0800. The zero-order valence-corrected chi connectivity index (χ0v) is 8.72. The summed E-state index contributed by atoms with van der Waals surface area (Å²) in [5, 5.41) is 0. The minimum Gasteiger partial charge on any atom is -0.328 e. The van der Waals surface area contributed by atoms with Gasteiger partial charge in [0.1, 0.15) is 0 Å². The lowest BCUT2D eigenvalue weighted by Crippen LogP contribution is -2.57. The van der Waals surface area contributed by atoms with Crippen LogP contribution in [0.3, 0.4) is 0 Å². The van der Waals surface area contributed by atoms with E-state index in [0.717, 1.165) is 12.8 Å². The summed E-state index contributed by atoms with van der Waals surface area (Å²) in [6.45, 7) is 8.90. The summed E-state index contributed by atoms with van der Waals surface area (Å²) in [5.74, 6) is 0.546. The zero-order chi connectivity index (χ0) is 9.57. The van der Waals surface area contributed by atoms with Gasteiger partial charge in [-0.25, -0.2) is 0 Å². The van der Waals surface area contributed by atoms with E-state index in [1.54, 1.807) is 0 Å². The number of hydrogen-bond donors (Lipinski definition) is 2. The molecular formula is C10H22N2. The maximum Gasteiger partial charge on any atom is 0.0171 e. The van der Waals surface area contributed by atoms with Crippen LogP contribution in [0.4, 0.5) is 0 Å².